The van der Waals surface area contributed by atoms with E-state index in [2.05, 4.69) is 12.1 Å². The number of ketones is 1. The van der Waals surface area contributed by atoms with Crippen molar-refractivity contribution in [3.8, 4) is 0 Å². The van der Waals surface area contributed by atoms with E-state index in [4.69, 9.17) is 11.6 Å². The van der Waals surface area contributed by atoms with Gasteiger partial charge in [-0.2, -0.15) is 0 Å². The molecular weight excluding hydrogens is 316 g/mol. The summed E-state index contributed by atoms with van der Waals surface area (Å²) in [5.41, 5.74) is 4.80. The highest BCUT2D eigenvalue weighted by Gasteiger charge is 2.35. The third-order valence-corrected chi connectivity index (χ3v) is 4.67. The van der Waals surface area contributed by atoms with Crippen molar-refractivity contribution in [2.45, 2.75) is 5.92 Å². The topological polar surface area (TPSA) is 17.1 Å². The molecule has 0 unspecified atom stereocenters. The zero-order chi connectivity index (χ0) is 16.5. The number of Topliss-reactive ketones (excluding diaryl/α,β-unsaturated/α-hetero) is 1. The summed E-state index contributed by atoms with van der Waals surface area (Å²) in [6.45, 7) is 0. The molecule has 0 aromatic heterocycles. The molecular formula is C22H15ClO. The summed E-state index contributed by atoms with van der Waals surface area (Å²) in [7, 11) is 0. The minimum atomic E-state index is -0.0226. The van der Waals surface area contributed by atoms with Gasteiger partial charge in [-0.15, -0.1) is 0 Å². The summed E-state index contributed by atoms with van der Waals surface area (Å²) in [5.74, 6) is 0.0833. The highest BCUT2D eigenvalue weighted by atomic mass is 35.5. The minimum Gasteiger partial charge on any atom is -0.289 e. The zero-order valence-corrected chi connectivity index (χ0v) is 13.7. The van der Waals surface area contributed by atoms with Crippen molar-refractivity contribution >= 4 is 23.5 Å². The third kappa shape index (κ3) is 2.57. The Hall–Kier alpha value is -2.64. The van der Waals surface area contributed by atoms with Crippen molar-refractivity contribution in [2.24, 2.45) is 0 Å². The van der Waals surface area contributed by atoms with Crippen LogP contribution in [0.1, 0.15) is 33.0 Å². The van der Waals surface area contributed by atoms with Gasteiger partial charge in [0.1, 0.15) is 0 Å². The van der Waals surface area contributed by atoms with E-state index in [-0.39, 0.29) is 11.7 Å². The maximum Gasteiger partial charge on any atom is 0.190 e. The molecule has 1 nitrogen and oxygen atoms in total. The lowest BCUT2D eigenvalue weighted by Gasteiger charge is -2.13. The van der Waals surface area contributed by atoms with Crippen molar-refractivity contribution in [1.82, 2.24) is 0 Å². The molecule has 1 aliphatic carbocycles. The molecule has 0 saturated heterocycles. The second-order valence-electron chi connectivity index (χ2n) is 5.91. The highest BCUT2D eigenvalue weighted by Crippen LogP contribution is 2.42. The van der Waals surface area contributed by atoms with Gasteiger partial charge in [-0.1, -0.05) is 78.3 Å². The fourth-order valence-corrected chi connectivity index (χ4v) is 3.43. The first kappa shape index (κ1) is 14.9. The molecule has 4 rings (SSSR count). The lowest BCUT2D eigenvalue weighted by Crippen LogP contribution is -2.02. The SMILES string of the molecule is O=C1/C(=C\c2ccc(Cl)cc2)[C@H](c2ccccc2)c2ccccc21. The molecule has 0 radical (unpaired) electrons. The van der Waals surface area contributed by atoms with Crippen molar-refractivity contribution in [2.75, 3.05) is 0 Å². The van der Waals surface area contributed by atoms with E-state index in [1.165, 1.54) is 0 Å². The molecule has 0 N–H and O–H groups in total. The quantitative estimate of drug-likeness (QED) is 0.546. The molecule has 0 aliphatic heterocycles. The number of carbonyl (C=O) groups excluding carboxylic acids is 1. The molecule has 0 fully saturated rings. The largest absolute Gasteiger partial charge is 0.289 e. The van der Waals surface area contributed by atoms with E-state index in [0.717, 1.165) is 27.8 Å². The maximum atomic E-state index is 13.0. The van der Waals surface area contributed by atoms with Crippen LogP contribution >= 0.6 is 11.6 Å². The first-order valence-electron chi connectivity index (χ1n) is 7.90. The summed E-state index contributed by atoms with van der Waals surface area (Å²) in [6, 6.07) is 25.6. The Labute approximate surface area is 146 Å². The standard InChI is InChI=1S/C22H15ClO/c23-17-12-10-15(11-13-17)14-20-21(16-6-2-1-3-7-16)18-8-4-5-9-19(18)22(20)24/h1-14,21H/b20-14-/t21-/m1/s1. The van der Waals surface area contributed by atoms with Gasteiger partial charge in [-0.25, -0.2) is 0 Å². The molecule has 0 bridgehead atoms. The maximum absolute atomic E-state index is 13.0. The number of rotatable bonds is 2. The van der Waals surface area contributed by atoms with Gasteiger partial charge in [0.05, 0.1) is 0 Å². The Balaban J connectivity index is 1.88. The fourth-order valence-electron chi connectivity index (χ4n) is 3.30. The van der Waals surface area contributed by atoms with E-state index in [1.54, 1.807) is 0 Å². The number of allylic oxidation sites excluding steroid dienone is 1. The van der Waals surface area contributed by atoms with Gasteiger partial charge in [0, 0.05) is 22.1 Å². The number of fused-ring (bicyclic) bond motifs is 1. The molecule has 1 atom stereocenters. The monoisotopic (exact) mass is 330 g/mol. The predicted octanol–water partition coefficient (Wildman–Crippen LogP) is 5.75. The number of halogens is 1. The van der Waals surface area contributed by atoms with Crippen LogP contribution < -0.4 is 0 Å². The molecule has 24 heavy (non-hydrogen) atoms. The summed E-state index contributed by atoms with van der Waals surface area (Å²) in [6.07, 6.45) is 1.98. The van der Waals surface area contributed by atoms with Gasteiger partial charge in [-0.05, 0) is 34.9 Å². The minimum absolute atomic E-state index is 0.0226. The van der Waals surface area contributed by atoms with E-state index >= 15 is 0 Å². The number of benzene rings is 3. The molecule has 3 aromatic rings. The van der Waals surface area contributed by atoms with Crippen molar-refractivity contribution in [1.29, 1.82) is 0 Å². The third-order valence-electron chi connectivity index (χ3n) is 4.41. The average Bonchev–Trinajstić information content (AvgIpc) is 2.90. The molecule has 3 aromatic carbocycles. The number of carbonyl (C=O) groups is 1. The van der Waals surface area contributed by atoms with Crippen LogP contribution in [0.2, 0.25) is 5.02 Å². The van der Waals surface area contributed by atoms with E-state index in [1.807, 2.05) is 72.8 Å². The first-order valence-corrected chi connectivity index (χ1v) is 8.27. The van der Waals surface area contributed by atoms with Crippen LogP contribution in [-0.4, -0.2) is 5.78 Å². The second-order valence-corrected chi connectivity index (χ2v) is 6.35. The van der Waals surface area contributed by atoms with Crippen LogP contribution in [0, 0.1) is 0 Å². The Morgan fingerprint density at radius 1 is 0.792 bits per heavy atom. The molecule has 0 spiro atoms. The number of hydrogen-bond donors (Lipinski definition) is 0. The van der Waals surface area contributed by atoms with Gasteiger partial charge in [0.15, 0.2) is 5.78 Å². The van der Waals surface area contributed by atoms with Gasteiger partial charge in [0.25, 0.3) is 0 Å². The average molecular weight is 331 g/mol. The van der Waals surface area contributed by atoms with Crippen LogP contribution in [0.25, 0.3) is 6.08 Å². The Morgan fingerprint density at radius 2 is 1.46 bits per heavy atom. The smallest absolute Gasteiger partial charge is 0.190 e. The van der Waals surface area contributed by atoms with Gasteiger partial charge in [0.2, 0.25) is 0 Å². The fraction of sp³-hybridized carbons (Fsp3) is 0.0455. The molecule has 2 heteroatoms. The molecule has 1 aliphatic rings. The summed E-state index contributed by atoms with van der Waals surface area (Å²) in [4.78, 5) is 13.0. The van der Waals surface area contributed by atoms with Crippen molar-refractivity contribution < 1.29 is 4.79 Å². The second kappa shape index (κ2) is 6.10. The predicted molar refractivity (Wildman–Crippen MR) is 98.5 cm³/mol. The van der Waals surface area contributed by atoms with E-state index in [0.29, 0.717) is 5.02 Å². The molecule has 0 saturated carbocycles. The summed E-state index contributed by atoms with van der Waals surface area (Å²) < 4.78 is 0. The first-order chi connectivity index (χ1) is 11.7. The normalized spacial score (nSPS) is 18.0. The van der Waals surface area contributed by atoms with Gasteiger partial charge in [-0.3, -0.25) is 4.79 Å². The Bertz CT molecular complexity index is 924. The molecule has 0 heterocycles. The molecule has 116 valence electrons. The van der Waals surface area contributed by atoms with E-state index in [9.17, 15) is 4.79 Å². The van der Waals surface area contributed by atoms with Gasteiger partial charge < -0.3 is 0 Å². The lowest BCUT2D eigenvalue weighted by molar-refractivity contribution is 0.103. The van der Waals surface area contributed by atoms with Crippen LogP contribution in [0.5, 0.6) is 0 Å². The highest BCUT2D eigenvalue weighted by molar-refractivity contribution is 6.30. The van der Waals surface area contributed by atoms with Crippen LogP contribution in [-0.2, 0) is 0 Å². The summed E-state index contributed by atoms with van der Waals surface area (Å²) in [5, 5.41) is 0.692. The Morgan fingerprint density at radius 3 is 2.21 bits per heavy atom. The summed E-state index contributed by atoms with van der Waals surface area (Å²) >= 11 is 5.97. The van der Waals surface area contributed by atoms with Crippen molar-refractivity contribution in [3.05, 3.63) is 112 Å². The van der Waals surface area contributed by atoms with Crippen LogP contribution in [0.3, 0.4) is 0 Å². The van der Waals surface area contributed by atoms with E-state index < -0.39 is 0 Å². The number of hydrogen-bond acceptors (Lipinski definition) is 1. The lowest BCUT2D eigenvalue weighted by atomic mass is 9.89. The van der Waals surface area contributed by atoms with Crippen LogP contribution in [0.15, 0.2) is 84.4 Å². The molecule has 0 amide bonds. The Kier molecular flexibility index (Phi) is 3.79. The van der Waals surface area contributed by atoms with Crippen molar-refractivity contribution in [3.63, 3.8) is 0 Å². The van der Waals surface area contributed by atoms with Crippen LogP contribution in [0.4, 0.5) is 0 Å². The van der Waals surface area contributed by atoms with Gasteiger partial charge >= 0.3 is 0 Å². The zero-order valence-electron chi connectivity index (χ0n) is 12.9.